The van der Waals surface area contributed by atoms with E-state index >= 15 is 0 Å². The van der Waals surface area contributed by atoms with Gasteiger partial charge in [0, 0.05) is 0 Å². The van der Waals surface area contributed by atoms with E-state index in [2.05, 4.69) is 0 Å². The number of hydrogen-bond acceptors (Lipinski definition) is 5. The number of amides is 2. The van der Waals surface area contributed by atoms with Crippen LogP contribution in [0.4, 0.5) is 0 Å². The Balaban J connectivity index is 2.29. The third kappa shape index (κ3) is 2.60. The van der Waals surface area contributed by atoms with E-state index in [0.717, 1.165) is 0 Å². The van der Waals surface area contributed by atoms with Crippen LogP contribution in [0.3, 0.4) is 0 Å². The van der Waals surface area contributed by atoms with Crippen LogP contribution >= 0.6 is 0 Å². The van der Waals surface area contributed by atoms with Gasteiger partial charge in [-0.05, 0) is 46.0 Å². The first-order valence-corrected chi connectivity index (χ1v) is 8.87. The van der Waals surface area contributed by atoms with Gasteiger partial charge in [-0.3, -0.25) is 9.59 Å². The van der Waals surface area contributed by atoms with Crippen molar-refractivity contribution in [2.45, 2.75) is 45.8 Å². The molecule has 1 aliphatic carbocycles. The summed E-state index contributed by atoms with van der Waals surface area (Å²) in [5.74, 6) is -1.94. The van der Waals surface area contributed by atoms with Gasteiger partial charge in [-0.25, -0.2) is 0 Å². The summed E-state index contributed by atoms with van der Waals surface area (Å²) in [7, 11) is -4.06. The van der Waals surface area contributed by atoms with Gasteiger partial charge in [0.2, 0.25) is 0 Å². The van der Waals surface area contributed by atoms with Gasteiger partial charge in [0.15, 0.2) is 0 Å². The molecule has 7 heteroatoms. The average molecular weight is 329 g/mol. The molecule has 2 fully saturated rings. The predicted octanol–water partition coefficient (Wildman–Crippen LogP) is 1.88. The maximum Gasteiger partial charge on any atom is 0.293 e. The largest absolute Gasteiger partial charge is 0.293 e. The minimum atomic E-state index is -4.06. The van der Waals surface area contributed by atoms with Crippen molar-refractivity contribution >= 4 is 21.9 Å². The van der Waals surface area contributed by atoms with Crippen molar-refractivity contribution < 1.29 is 22.3 Å². The van der Waals surface area contributed by atoms with Gasteiger partial charge in [-0.2, -0.15) is 8.42 Å². The van der Waals surface area contributed by atoms with Gasteiger partial charge in [0.1, 0.15) is 0 Å². The minimum absolute atomic E-state index is 0.0580. The maximum atomic E-state index is 12.5. The molecule has 4 unspecified atom stereocenters. The Morgan fingerprint density at radius 1 is 1.23 bits per heavy atom. The van der Waals surface area contributed by atoms with Crippen LogP contribution in [0.1, 0.15) is 41.0 Å². The van der Waals surface area contributed by atoms with Crippen molar-refractivity contribution in [1.82, 2.24) is 5.06 Å². The first kappa shape index (κ1) is 17.1. The number of nitrogens with zero attached hydrogens (tertiary/aromatic N) is 1. The first-order chi connectivity index (χ1) is 10.0. The van der Waals surface area contributed by atoms with Crippen LogP contribution in [0.2, 0.25) is 0 Å². The van der Waals surface area contributed by atoms with Crippen molar-refractivity contribution in [1.29, 1.82) is 0 Å². The summed E-state index contributed by atoms with van der Waals surface area (Å²) in [6.07, 6.45) is 4.35. The molecule has 124 valence electrons. The molecule has 0 N–H and O–H groups in total. The number of fused-ring (bicyclic) bond motifs is 1. The lowest BCUT2D eigenvalue weighted by Crippen LogP contribution is -2.41. The van der Waals surface area contributed by atoms with E-state index in [4.69, 9.17) is 4.28 Å². The lowest BCUT2D eigenvalue weighted by Gasteiger charge is -2.23. The van der Waals surface area contributed by atoms with Gasteiger partial charge < -0.3 is 0 Å². The molecule has 0 aromatic rings. The van der Waals surface area contributed by atoms with Crippen LogP contribution in [0, 0.1) is 23.7 Å². The zero-order valence-electron chi connectivity index (χ0n) is 13.6. The fraction of sp³-hybridized carbons (Fsp3) is 0.733. The number of hydroxylamine groups is 2. The zero-order chi connectivity index (χ0) is 16.9. The SMILES string of the molecule is C/C=C\C1C(C)CC2C(=O)N(OS(=O)(=O)C(C)(C)C)C(=O)C21. The topological polar surface area (TPSA) is 80.8 Å². The summed E-state index contributed by atoms with van der Waals surface area (Å²) in [5, 5.41) is 0.471. The second-order valence-electron chi connectivity index (χ2n) is 7.06. The van der Waals surface area contributed by atoms with Crippen LogP contribution in [0.5, 0.6) is 0 Å². The number of hydrogen-bond donors (Lipinski definition) is 0. The second-order valence-corrected chi connectivity index (χ2v) is 9.34. The lowest BCUT2D eigenvalue weighted by molar-refractivity contribution is -0.166. The van der Waals surface area contributed by atoms with Crippen molar-refractivity contribution in [3.05, 3.63) is 12.2 Å². The summed E-state index contributed by atoms with van der Waals surface area (Å²) in [6.45, 7) is 8.23. The first-order valence-electron chi connectivity index (χ1n) is 7.46. The highest BCUT2D eigenvalue weighted by atomic mass is 32.2. The van der Waals surface area contributed by atoms with Gasteiger partial charge in [0.25, 0.3) is 21.9 Å². The van der Waals surface area contributed by atoms with Crippen LogP contribution in [-0.4, -0.2) is 30.0 Å². The van der Waals surface area contributed by atoms with Crippen molar-refractivity contribution in [2.24, 2.45) is 23.7 Å². The Morgan fingerprint density at radius 3 is 2.32 bits per heavy atom. The summed E-state index contributed by atoms with van der Waals surface area (Å²) in [4.78, 5) is 24.9. The van der Waals surface area contributed by atoms with Crippen molar-refractivity contribution in [3.8, 4) is 0 Å². The highest BCUT2D eigenvalue weighted by Crippen LogP contribution is 2.48. The molecule has 2 aliphatic rings. The molecule has 0 aromatic heterocycles. The molecule has 1 heterocycles. The van der Waals surface area contributed by atoms with E-state index in [0.29, 0.717) is 11.5 Å². The number of rotatable bonds is 3. The summed E-state index contributed by atoms with van der Waals surface area (Å²) in [6, 6.07) is 0. The lowest BCUT2D eigenvalue weighted by atomic mass is 9.88. The van der Waals surface area contributed by atoms with E-state index < -0.39 is 38.5 Å². The average Bonchev–Trinajstić information content (AvgIpc) is 2.80. The molecule has 4 atom stereocenters. The van der Waals surface area contributed by atoms with E-state index in [1.54, 1.807) is 0 Å². The Morgan fingerprint density at radius 2 is 1.82 bits per heavy atom. The van der Waals surface area contributed by atoms with Crippen LogP contribution in [0.25, 0.3) is 0 Å². The van der Waals surface area contributed by atoms with Gasteiger partial charge in [-0.1, -0.05) is 19.1 Å². The zero-order valence-corrected chi connectivity index (χ0v) is 14.4. The number of imide groups is 1. The number of carbonyl (C=O) groups excluding carboxylic acids is 2. The highest BCUT2D eigenvalue weighted by Gasteiger charge is 2.58. The normalized spacial score (nSPS) is 33.0. The van der Waals surface area contributed by atoms with Gasteiger partial charge in [-0.15, -0.1) is 9.35 Å². The number of allylic oxidation sites excluding steroid dienone is 2. The summed E-state index contributed by atoms with van der Waals surface area (Å²) in [5.41, 5.74) is 0. The molecular formula is C15H23NO5S. The third-order valence-electron chi connectivity index (χ3n) is 4.47. The molecule has 6 nitrogen and oxygen atoms in total. The Labute approximate surface area is 131 Å². The fourth-order valence-electron chi connectivity index (χ4n) is 3.13. The smallest absolute Gasteiger partial charge is 0.272 e. The maximum absolute atomic E-state index is 12.5. The molecule has 2 rings (SSSR count). The molecule has 0 spiro atoms. The molecule has 1 saturated carbocycles. The van der Waals surface area contributed by atoms with Crippen LogP contribution in [-0.2, 0) is 24.0 Å². The van der Waals surface area contributed by atoms with Crippen molar-refractivity contribution in [3.63, 3.8) is 0 Å². The summed E-state index contributed by atoms with van der Waals surface area (Å²) < 4.78 is 27.9. The Kier molecular flexibility index (Phi) is 4.25. The van der Waals surface area contributed by atoms with E-state index in [1.165, 1.54) is 20.8 Å². The molecule has 0 radical (unpaired) electrons. The van der Waals surface area contributed by atoms with Gasteiger partial charge in [0.05, 0.1) is 16.6 Å². The van der Waals surface area contributed by atoms with Crippen LogP contribution in [0.15, 0.2) is 12.2 Å². The number of carbonyl (C=O) groups is 2. The molecular weight excluding hydrogens is 306 g/mol. The van der Waals surface area contributed by atoms with Gasteiger partial charge >= 0.3 is 0 Å². The molecule has 2 amide bonds. The van der Waals surface area contributed by atoms with Crippen molar-refractivity contribution in [2.75, 3.05) is 0 Å². The molecule has 0 aromatic carbocycles. The molecule has 1 saturated heterocycles. The van der Waals surface area contributed by atoms with E-state index in [9.17, 15) is 18.0 Å². The minimum Gasteiger partial charge on any atom is -0.272 e. The monoisotopic (exact) mass is 329 g/mol. The quantitative estimate of drug-likeness (QED) is 0.583. The fourth-order valence-corrected chi connectivity index (χ4v) is 3.69. The predicted molar refractivity (Wildman–Crippen MR) is 80.7 cm³/mol. The highest BCUT2D eigenvalue weighted by molar-refractivity contribution is 7.88. The van der Waals surface area contributed by atoms with Crippen LogP contribution < -0.4 is 0 Å². The molecule has 22 heavy (non-hydrogen) atoms. The Hall–Kier alpha value is -1.21. The third-order valence-corrected chi connectivity index (χ3v) is 6.32. The standard InChI is InChI=1S/C15H23NO5S/c1-6-7-10-9(2)8-11-12(10)14(18)16(13(11)17)21-22(19,20)15(3,4)5/h6-7,9-12H,8H2,1-5H3/b7-6-. The second kappa shape index (κ2) is 5.45. The van der Waals surface area contributed by atoms with E-state index in [-0.39, 0.29) is 11.8 Å². The van der Waals surface area contributed by atoms with E-state index in [1.807, 2.05) is 26.0 Å². The molecule has 0 bridgehead atoms. The molecule has 1 aliphatic heterocycles. The Bertz CT molecular complexity index is 616. The summed E-state index contributed by atoms with van der Waals surface area (Å²) >= 11 is 0.